The number of carbonyl (C=O) groups excluding carboxylic acids is 1. The van der Waals surface area contributed by atoms with Gasteiger partial charge in [-0.1, -0.05) is 60.2 Å². The standard InChI is InChI=1S/C23H21N5O/c1-16-8-10-19(11-9-16)20-12-21(14-22(13-20)28-15-24-26-27-28)23(29)25-17(2)18-6-4-3-5-7-18/h3-15,17H,1-2H3,(H,25,29). The third-order valence-electron chi connectivity index (χ3n) is 4.83. The summed E-state index contributed by atoms with van der Waals surface area (Å²) in [6, 6.07) is 23.6. The van der Waals surface area contributed by atoms with Gasteiger partial charge in [0.2, 0.25) is 0 Å². The maximum Gasteiger partial charge on any atom is 0.251 e. The van der Waals surface area contributed by atoms with Gasteiger partial charge < -0.3 is 5.32 Å². The molecule has 0 aliphatic heterocycles. The van der Waals surface area contributed by atoms with Crippen LogP contribution in [-0.4, -0.2) is 26.1 Å². The summed E-state index contributed by atoms with van der Waals surface area (Å²) in [5.74, 6) is -0.148. The minimum Gasteiger partial charge on any atom is -0.346 e. The molecule has 6 heteroatoms. The van der Waals surface area contributed by atoms with Crippen LogP contribution in [0, 0.1) is 6.92 Å². The van der Waals surface area contributed by atoms with Crippen LogP contribution in [0.5, 0.6) is 0 Å². The van der Waals surface area contributed by atoms with Gasteiger partial charge in [0.05, 0.1) is 11.7 Å². The summed E-state index contributed by atoms with van der Waals surface area (Å²) in [4.78, 5) is 13.0. The number of carbonyl (C=O) groups is 1. The zero-order valence-electron chi connectivity index (χ0n) is 16.3. The van der Waals surface area contributed by atoms with Crippen molar-refractivity contribution in [3.63, 3.8) is 0 Å². The molecule has 1 amide bonds. The van der Waals surface area contributed by atoms with E-state index in [9.17, 15) is 4.79 Å². The van der Waals surface area contributed by atoms with Crippen molar-refractivity contribution in [2.45, 2.75) is 19.9 Å². The van der Waals surface area contributed by atoms with Crippen molar-refractivity contribution >= 4 is 5.91 Å². The average molecular weight is 383 g/mol. The second-order valence-electron chi connectivity index (χ2n) is 6.99. The highest BCUT2D eigenvalue weighted by Gasteiger charge is 2.15. The molecule has 0 saturated carbocycles. The molecule has 1 N–H and O–H groups in total. The van der Waals surface area contributed by atoms with E-state index < -0.39 is 0 Å². The number of tetrazole rings is 1. The van der Waals surface area contributed by atoms with E-state index in [0.717, 1.165) is 22.4 Å². The fraction of sp³-hybridized carbons (Fsp3) is 0.130. The van der Waals surface area contributed by atoms with Crippen molar-refractivity contribution < 1.29 is 4.79 Å². The molecule has 0 radical (unpaired) electrons. The molecule has 3 aromatic carbocycles. The maximum atomic E-state index is 13.0. The van der Waals surface area contributed by atoms with E-state index in [2.05, 4.69) is 33.0 Å². The molecule has 1 atom stereocenters. The molecule has 1 aromatic heterocycles. The van der Waals surface area contributed by atoms with Crippen molar-refractivity contribution in [1.29, 1.82) is 0 Å². The highest BCUT2D eigenvalue weighted by atomic mass is 16.1. The van der Waals surface area contributed by atoms with Gasteiger partial charge in [-0.05, 0) is 59.2 Å². The first kappa shape index (κ1) is 18.6. The van der Waals surface area contributed by atoms with Crippen molar-refractivity contribution in [2.24, 2.45) is 0 Å². The van der Waals surface area contributed by atoms with Crippen molar-refractivity contribution in [3.8, 4) is 16.8 Å². The first-order chi connectivity index (χ1) is 14.1. The second-order valence-corrected chi connectivity index (χ2v) is 6.99. The zero-order chi connectivity index (χ0) is 20.2. The molecule has 144 valence electrons. The fourth-order valence-corrected chi connectivity index (χ4v) is 3.17. The first-order valence-corrected chi connectivity index (χ1v) is 9.41. The SMILES string of the molecule is Cc1ccc(-c2cc(C(=O)NC(C)c3ccccc3)cc(-n3cnnn3)c2)cc1. The smallest absolute Gasteiger partial charge is 0.251 e. The molecule has 0 fully saturated rings. The van der Waals surface area contributed by atoms with Crippen LogP contribution in [0.4, 0.5) is 0 Å². The molecular weight excluding hydrogens is 362 g/mol. The van der Waals surface area contributed by atoms with Gasteiger partial charge in [-0.15, -0.1) is 5.10 Å². The normalized spacial score (nSPS) is 11.8. The van der Waals surface area contributed by atoms with Crippen LogP contribution >= 0.6 is 0 Å². The fourth-order valence-electron chi connectivity index (χ4n) is 3.17. The lowest BCUT2D eigenvalue weighted by molar-refractivity contribution is 0.0940. The largest absolute Gasteiger partial charge is 0.346 e. The quantitative estimate of drug-likeness (QED) is 0.562. The van der Waals surface area contributed by atoms with E-state index >= 15 is 0 Å². The van der Waals surface area contributed by atoms with Gasteiger partial charge in [0, 0.05) is 5.56 Å². The Morgan fingerprint density at radius 2 is 1.72 bits per heavy atom. The van der Waals surface area contributed by atoms with Gasteiger partial charge in [-0.3, -0.25) is 4.79 Å². The molecule has 0 spiro atoms. The minimum atomic E-state index is -0.148. The van der Waals surface area contributed by atoms with E-state index in [1.54, 1.807) is 10.7 Å². The summed E-state index contributed by atoms with van der Waals surface area (Å²) in [7, 11) is 0. The predicted octanol–water partition coefficient (Wildman–Crippen LogP) is 4.13. The van der Waals surface area contributed by atoms with Gasteiger partial charge >= 0.3 is 0 Å². The average Bonchev–Trinajstić information content (AvgIpc) is 3.29. The minimum absolute atomic E-state index is 0.108. The molecule has 4 rings (SSSR count). The number of benzene rings is 3. The molecule has 4 aromatic rings. The summed E-state index contributed by atoms with van der Waals surface area (Å²) >= 11 is 0. The van der Waals surface area contributed by atoms with E-state index in [1.165, 1.54) is 11.9 Å². The highest BCUT2D eigenvalue weighted by Crippen LogP contribution is 2.25. The monoisotopic (exact) mass is 383 g/mol. The third-order valence-corrected chi connectivity index (χ3v) is 4.83. The van der Waals surface area contributed by atoms with Gasteiger partial charge in [0.1, 0.15) is 6.33 Å². The third kappa shape index (κ3) is 4.21. The lowest BCUT2D eigenvalue weighted by atomic mass is 10.00. The summed E-state index contributed by atoms with van der Waals surface area (Å²) in [5, 5.41) is 14.5. The highest BCUT2D eigenvalue weighted by molar-refractivity contribution is 5.96. The van der Waals surface area contributed by atoms with Crippen LogP contribution in [-0.2, 0) is 0 Å². The molecule has 1 unspecified atom stereocenters. The van der Waals surface area contributed by atoms with Crippen LogP contribution in [0.15, 0.2) is 79.1 Å². The van der Waals surface area contributed by atoms with E-state index in [-0.39, 0.29) is 11.9 Å². The number of hydrogen-bond donors (Lipinski definition) is 1. The predicted molar refractivity (Wildman–Crippen MR) is 112 cm³/mol. The summed E-state index contributed by atoms with van der Waals surface area (Å²) in [6.45, 7) is 4.02. The van der Waals surface area contributed by atoms with E-state index in [1.807, 2.05) is 68.4 Å². The lowest BCUT2D eigenvalue weighted by Gasteiger charge is -2.16. The Morgan fingerprint density at radius 1 is 0.966 bits per heavy atom. The molecule has 0 aliphatic carbocycles. The summed E-state index contributed by atoms with van der Waals surface area (Å²) < 4.78 is 1.55. The second kappa shape index (κ2) is 8.06. The van der Waals surface area contributed by atoms with Crippen molar-refractivity contribution in [2.75, 3.05) is 0 Å². The zero-order valence-corrected chi connectivity index (χ0v) is 16.3. The Morgan fingerprint density at radius 3 is 2.41 bits per heavy atom. The van der Waals surface area contributed by atoms with E-state index in [4.69, 9.17) is 0 Å². The van der Waals surface area contributed by atoms with Crippen molar-refractivity contribution in [3.05, 3.63) is 95.8 Å². The molecule has 6 nitrogen and oxygen atoms in total. The Kier molecular flexibility index (Phi) is 5.16. The molecular formula is C23H21N5O. The maximum absolute atomic E-state index is 13.0. The number of hydrogen-bond acceptors (Lipinski definition) is 4. The van der Waals surface area contributed by atoms with Crippen LogP contribution in [0.2, 0.25) is 0 Å². The van der Waals surface area contributed by atoms with Crippen molar-refractivity contribution in [1.82, 2.24) is 25.5 Å². The van der Waals surface area contributed by atoms with Gasteiger partial charge in [-0.25, -0.2) is 4.68 Å². The van der Waals surface area contributed by atoms with Crippen LogP contribution in [0.3, 0.4) is 0 Å². The number of rotatable bonds is 5. The van der Waals surface area contributed by atoms with Gasteiger partial charge in [-0.2, -0.15) is 0 Å². The summed E-state index contributed by atoms with van der Waals surface area (Å²) in [5.41, 5.74) is 5.46. The lowest BCUT2D eigenvalue weighted by Crippen LogP contribution is -2.26. The van der Waals surface area contributed by atoms with Crippen LogP contribution < -0.4 is 5.32 Å². The molecule has 1 heterocycles. The molecule has 0 saturated heterocycles. The van der Waals surface area contributed by atoms with E-state index in [0.29, 0.717) is 5.56 Å². The Labute approximate surface area is 169 Å². The molecule has 0 aliphatic rings. The topological polar surface area (TPSA) is 72.7 Å². The number of aromatic nitrogens is 4. The molecule has 0 bridgehead atoms. The number of aryl methyl sites for hydroxylation is 1. The Hall–Kier alpha value is -3.80. The van der Waals surface area contributed by atoms with Crippen LogP contribution in [0.25, 0.3) is 16.8 Å². The van der Waals surface area contributed by atoms with Gasteiger partial charge in [0.15, 0.2) is 0 Å². The number of amides is 1. The number of nitrogens with one attached hydrogen (secondary N) is 1. The van der Waals surface area contributed by atoms with Gasteiger partial charge in [0.25, 0.3) is 5.91 Å². The van der Waals surface area contributed by atoms with Crippen LogP contribution in [0.1, 0.15) is 34.5 Å². The Bertz CT molecular complexity index is 1110. The molecule has 29 heavy (non-hydrogen) atoms. The first-order valence-electron chi connectivity index (χ1n) is 9.41. The number of nitrogens with zero attached hydrogens (tertiary/aromatic N) is 4. The summed E-state index contributed by atoms with van der Waals surface area (Å²) in [6.07, 6.45) is 1.52. The Balaban J connectivity index is 1.70.